The van der Waals surface area contributed by atoms with Crippen molar-refractivity contribution in [1.29, 1.82) is 0 Å². The minimum atomic E-state index is -0.689. The second-order valence-corrected chi connectivity index (χ2v) is 9.34. The van der Waals surface area contributed by atoms with E-state index in [9.17, 15) is 15.0 Å². The van der Waals surface area contributed by atoms with Crippen LogP contribution >= 0.6 is 11.6 Å². The minimum Gasteiger partial charge on any atom is -0.392 e. The molecule has 0 spiro atoms. The molecule has 1 fully saturated rings. The summed E-state index contributed by atoms with van der Waals surface area (Å²) in [5.41, 5.74) is 2.86. The highest BCUT2D eigenvalue weighted by Gasteiger charge is 2.38. The summed E-state index contributed by atoms with van der Waals surface area (Å²) >= 11 is 6.20. The van der Waals surface area contributed by atoms with Gasteiger partial charge in [-0.3, -0.25) is 9.36 Å². The normalized spacial score (nSPS) is 23.0. The smallest absolute Gasteiger partial charge is 0.252 e. The molecule has 8 heteroatoms. The van der Waals surface area contributed by atoms with Gasteiger partial charge in [-0.15, -0.1) is 0 Å². The van der Waals surface area contributed by atoms with Gasteiger partial charge in [0.2, 0.25) is 0 Å². The Bertz CT molecular complexity index is 1080. The van der Waals surface area contributed by atoms with Crippen molar-refractivity contribution < 1.29 is 10.2 Å². The number of nitrogens with one attached hydrogen (secondary N) is 1. The molecule has 4 heterocycles. The lowest BCUT2D eigenvalue weighted by Gasteiger charge is -2.38. The zero-order valence-corrected chi connectivity index (χ0v) is 18.7. The molecule has 2 atom stereocenters. The van der Waals surface area contributed by atoms with E-state index in [0.717, 1.165) is 61.5 Å². The fourth-order valence-electron chi connectivity index (χ4n) is 5.13. The molecular formula is C24H29ClN4O3. The third kappa shape index (κ3) is 4.11. The maximum atomic E-state index is 12.4. The topological polar surface area (TPSA) is 81.0 Å². The number of nitrogens with zero attached hydrogens (tertiary/aromatic N) is 3. The van der Waals surface area contributed by atoms with Crippen molar-refractivity contribution in [2.75, 3.05) is 24.5 Å². The number of halogens is 1. The molecule has 3 aliphatic heterocycles. The van der Waals surface area contributed by atoms with E-state index in [-0.39, 0.29) is 18.2 Å². The van der Waals surface area contributed by atoms with Gasteiger partial charge in [-0.2, -0.15) is 0 Å². The maximum Gasteiger partial charge on any atom is 0.252 e. The van der Waals surface area contributed by atoms with Crippen LogP contribution in [0.25, 0.3) is 6.08 Å². The summed E-state index contributed by atoms with van der Waals surface area (Å²) in [6.45, 7) is 4.12. The van der Waals surface area contributed by atoms with E-state index in [2.05, 4.69) is 10.2 Å². The molecular weight excluding hydrogens is 428 g/mol. The van der Waals surface area contributed by atoms with E-state index >= 15 is 0 Å². The maximum absolute atomic E-state index is 12.4. The highest BCUT2D eigenvalue weighted by atomic mass is 35.5. The Kier molecular flexibility index (Phi) is 6.09. The SMILES string of the molecule is O=c1ccc2c3n1C[C@@H](CN1CCC(NCc4ccc(CO)c(Cl)c4)CC1)N3C(O)C=C2. The lowest BCUT2D eigenvalue weighted by molar-refractivity contribution is 0.161. The van der Waals surface area contributed by atoms with Crippen LogP contribution in [0.3, 0.4) is 0 Å². The van der Waals surface area contributed by atoms with Crippen LogP contribution in [-0.4, -0.2) is 57.6 Å². The Balaban J connectivity index is 1.16. The fourth-order valence-corrected chi connectivity index (χ4v) is 5.39. The number of benzene rings is 1. The Morgan fingerprint density at radius 3 is 2.72 bits per heavy atom. The molecule has 32 heavy (non-hydrogen) atoms. The second kappa shape index (κ2) is 9.00. The standard InChI is InChI=1S/C24H29ClN4O3/c25-21-11-16(1-2-18(21)15-30)12-26-19-7-9-27(10-8-19)13-20-14-28-22(31)5-3-17-4-6-23(32)29(20)24(17)28/h1-6,11,19-20,23,26,30,32H,7-10,12-15H2/t20-,23?/m1/s1. The van der Waals surface area contributed by atoms with Crippen LogP contribution in [-0.2, 0) is 19.7 Å². The molecule has 0 aliphatic carbocycles. The van der Waals surface area contributed by atoms with Crippen molar-refractivity contribution in [3.05, 3.63) is 68.5 Å². The Morgan fingerprint density at radius 1 is 1.16 bits per heavy atom. The first-order chi connectivity index (χ1) is 15.5. The number of hydrogen-bond acceptors (Lipinski definition) is 6. The third-order valence-electron chi connectivity index (χ3n) is 6.89. The predicted molar refractivity (Wildman–Crippen MR) is 126 cm³/mol. The molecule has 5 rings (SSSR count). The molecule has 0 amide bonds. The molecule has 3 N–H and O–H groups in total. The lowest BCUT2D eigenvalue weighted by Crippen LogP contribution is -2.50. The van der Waals surface area contributed by atoms with Gasteiger partial charge in [0.1, 0.15) is 12.0 Å². The van der Waals surface area contributed by atoms with Crippen molar-refractivity contribution in [2.24, 2.45) is 0 Å². The van der Waals surface area contributed by atoms with Crippen molar-refractivity contribution in [1.82, 2.24) is 14.8 Å². The Morgan fingerprint density at radius 2 is 1.97 bits per heavy atom. The van der Waals surface area contributed by atoms with Crippen LogP contribution in [0.4, 0.5) is 5.82 Å². The number of rotatable bonds is 6. The van der Waals surface area contributed by atoms with E-state index < -0.39 is 6.23 Å². The number of likely N-dealkylation sites (tertiary alicyclic amines) is 1. The van der Waals surface area contributed by atoms with E-state index in [0.29, 0.717) is 17.6 Å². The van der Waals surface area contributed by atoms with Crippen LogP contribution in [0.5, 0.6) is 0 Å². The molecule has 170 valence electrons. The van der Waals surface area contributed by atoms with E-state index in [1.54, 1.807) is 16.7 Å². The molecule has 1 unspecified atom stereocenters. The number of pyridine rings is 1. The largest absolute Gasteiger partial charge is 0.392 e. The summed E-state index contributed by atoms with van der Waals surface area (Å²) < 4.78 is 1.80. The van der Waals surface area contributed by atoms with Gasteiger partial charge in [0.05, 0.1) is 12.6 Å². The number of aliphatic hydroxyl groups excluding tert-OH is 2. The summed E-state index contributed by atoms with van der Waals surface area (Å²) in [5.74, 6) is 0.847. The Labute approximate surface area is 192 Å². The fraction of sp³-hybridized carbons (Fsp3) is 0.458. The van der Waals surface area contributed by atoms with Crippen LogP contribution in [0.1, 0.15) is 29.5 Å². The molecule has 0 saturated carbocycles. The first kappa shape index (κ1) is 21.7. The second-order valence-electron chi connectivity index (χ2n) is 8.93. The van der Waals surface area contributed by atoms with Crippen molar-refractivity contribution in [3.8, 4) is 0 Å². The number of aromatic nitrogens is 1. The lowest BCUT2D eigenvalue weighted by atomic mass is 10.0. The number of aliphatic hydroxyl groups is 2. The van der Waals surface area contributed by atoms with E-state index in [1.165, 1.54) is 0 Å². The summed E-state index contributed by atoms with van der Waals surface area (Å²) in [4.78, 5) is 16.8. The first-order valence-corrected chi connectivity index (χ1v) is 11.6. The highest BCUT2D eigenvalue weighted by Crippen LogP contribution is 2.34. The quantitative estimate of drug-likeness (QED) is 0.615. The monoisotopic (exact) mass is 456 g/mol. The van der Waals surface area contributed by atoms with Gasteiger partial charge in [0.15, 0.2) is 0 Å². The number of anilines is 1. The zero-order chi connectivity index (χ0) is 22.2. The van der Waals surface area contributed by atoms with Crippen molar-refractivity contribution in [3.63, 3.8) is 0 Å². The van der Waals surface area contributed by atoms with Crippen molar-refractivity contribution in [2.45, 2.75) is 50.8 Å². The average Bonchev–Trinajstić information content (AvgIpc) is 3.19. The first-order valence-electron chi connectivity index (χ1n) is 11.3. The molecule has 2 aromatic rings. The van der Waals surface area contributed by atoms with Gasteiger partial charge in [0, 0.05) is 42.3 Å². The molecule has 3 aliphatic rings. The van der Waals surface area contributed by atoms with E-state index in [1.807, 2.05) is 35.2 Å². The van der Waals surface area contributed by atoms with Crippen LogP contribution in [0.15, 0.2) is 41.2 Å². The third-order valence-corrected chi connectivity index (χ3v) is 7.24. The molecule has 0 radical (unpaired) electrons. The minimum absolute atomic E-state index is 0.00576. The van der Waals surface area contributed by atoms with Gasteiger partial charge in [0.25, 0.3) is 5.56 Å². The van der Waals surface area contributed by atoms with Gasteiger partial charge in [-0.25, -0.2) is 0 Å². The molecule has 1 aromatic carbocycles. The van der Waals surface area contributed by atoms with Gasteiger partial charge in [-0.1, -0.05) is 29.8 Å². The summed E-state index contributed by atoms with van der Waals surface area (Å²) in [6, 6.07) is 9.79. The van der Waals surface area contributed by atoms with Gasteiger partial charge < -0.3 is 25.3 Å². The predicted octanol–water partition coefficient (Wildman–Crippen LogP) is 1.78. The van der Waals surface area contributed by atoms with Gasteiger partial charge >= 0.3 is 0 Å². The molecule has 0 bridgehead atoms. The number of hydrogen-bond donors (Lipinski definition) is 3. The molecule has 1 saturated heterocycles. The van der Waals surface area contributed by atoms with Crippen LogP contribution in [0.2, 0.25) is 5.02 Å². The summed E-state index contributed by atoms with van der Waals surface area (Å²) in [7, 11) is 0. The van der Waals surface area contributed by atoms with Gasteiger partial charge in [-0.05, 0) is 55.3 Å². The van der Waals surface area contributed by atoms with Crippen LogP contribution in [0, 0.1) is 0 Å². The Hall–Kier alpha value is -2.16. The summed E-state index contributed by atoms with van der Waals surface area (Å²) in [5, 5.41) is 24.1. The van der Waals surface area contributed by atoms with Crippen molar-refractivity contribution >= 4 is 23.5 Å². The average molecular weight is 457 g/mol. The summed E-state index contributed by atoms with van der Waals surface area (Å²) in [6.07, 6.45) is 5.11. The van der Waals surface area contributed by atoms with Crippen LogP contribution < -0.4 is 15.8 Å². The molecule has 7 nitrogen and oxygen atoms in total. The molecule has 1 aromatic heterocycles. The number of piperidine rings is 1. The zero-order valence-electron chi connectivity index (χ0n) is 18.0. The highest BCUT2D eigenvalue weighted by molar-refractivity contribution is 6.31. The van der Waals surface area contributed by atoms with E-state index in [4.69, 9.17) is 11.6 Å².